The third-order valence-corrected chi connectivity index (χ3v) is 4.40. The van der Waals surface area contributed by atoms with E-state index < -0.39 is 22.8 Å². The third-order valence-electron chi connectivity index (χ3n) is 4.40. The lowest BCUT2D eigenvalue weighted by Crippen LogP contribution is -2.31. The van der Waals surface area contributed by atoms with Gasteiger partial charge in [0.2, 0.25) is 0 Å². The van der Waals surface area contributed by atoms with E-state index in [4.69, 9.17) is 9.47 Å². The van der Waals surface area contributed by atoms with Crippen LogP contribution in [0.5, 0.6) is 0 Å². The summed E-state index contributed by atoms with van der Waals surface area (Å²) >= 11 is 0. The van der Waals surface area contributed by atoms with Crippen LogP contribution in [-0.4, -0.2) is 42.0 Å². The van der Waals surface area contributed by atoms with Gasteiger partial charge < -0.3 is 14.4 Å². The fourth-order valence-corrected chi connectivity index (χ4v) is 2.91. The van der Waals surface area contributed by atoms with Crippen LogP contribution in [0.4, 0.5) is 5.69 Å². The Kier molecular flexibility index (Phi) is 5.99. The minimum absolute atomic E-state index is 0.0300. The Hall–Kier alpha value is -3.16. The first kappa shape index (κ1) is 20.2. The number of benzene rings is 1. The normalized spacial score (nSPS) is 14.5. The molecule has 0 amide bonds. The number of ether oxygens (including phenoxy) is 2. The van der Waals surface area contributed by atoms with Gasteiger partial charge in [0, 0.05) is 30.1 Å². The fourth-order valence-electron chi connectivity index (χ4n) is 2.91. The zero-order valence-electron chi connectivity index (χ0n) is 15.9. The van der Waals surface area contributed by atoms with Crippen molar-refractivity contribution in [2.75, 3.05) is 14.2 Å². The molecule has 1 heterocycles. The molecule has 0 fully saturated rings. The van der Waals surface area contributed by atoms with Gasteiger partial charge in [0.25, 0.3) is 5.69 Å². The molecular formula is C19H22N2O6. The Bertz CT molecular complexity index is 807. The number of hydrogen-bond acceptors (Lipinski definition) is 7. The van der Waals surface area contributed by atoms with Crippen molar-refractivity contribution >= 4 is 17.6 Å². The maximum Gasteiger partial charge on any atom is 0.336 e. The van der Waals surface area contributed by atoms with Crippen molar-refractivity contribution in [2.45, 2.75) is 32.7 Å². The van der Waals surface area contributed by atoms with E-state index in [2.05, 4.69) is 0 Å². The minimum Gasteiger partial charge on any atom is -0.466 e. The first-order valence-corrected chi connectivity index (χ1v) is 8.33. The van der Waals surface area contributed by atoms with Crippen molar-refractivity contribution < 1.29 is 24.0 Å². The SMILES string of the molecule is COC(=O)C1=CN(C(C)C)C=C(C(=O)OC)C1c1ccc(C)c([N+](=O)[O-])c1. The van der Waals surface area contributed by atoms with Gasteiger partial charge in [-0.3, -0.25) is 10.1 Å². The average Bonchev–Trinajstić information content (AvgIpc) is 2.65. The molecule has 1 aliphatic rings. The van der Waals surface area contributed by atoms with Crippen LogP contribution in [0.3, 0.4) is 0 Å². The zero-order valence-corrected chi connectivity index (χ0v) is 15.9. The molecule has 1 aromatic carbocycles. The second-order valence-electron chi connectivity index (χ2n) is 6.43. The highest BCUT2D eigenvalue weighted by atomic mass is 16.6. The summed E-state index contributed by atoms with van der Waals surface area (Å²) in [6.45, 7) is 5.42. The molecule has 0 saturated heterocycles. The van der Waals surface area contributed by atoms with Crippen LogP contribution in [0.15, 0.2) is 41.7 Å². The van der Waals surface area contributed by atoms with Crippen molar-refractivity contribution in [1.82, 2.24) is 4.90 Å². The molecule has 1 aromatic rings. The van der Waals surface area contributed by atoms with Gasteiger partial charge in [0.05, 0.1) is 36.2 Å². The second-order valence-corrected chi connectivity index (χ2v) is 6.43. The van der Waals surface area contributed by atoms with E-state index in [1.165, 1.54) is 20.3 Å². The minimum atomic E-state index is -0.834. The standard InChI is InChI=1S/C19H22N2O6/c1-11(2)20-9-14(18(22)26-4)17(15(10-20)19(23)27-5)13-7-6-12(3)16(8-13)21(24)25/h6-11,17H,1-5H3. The Balaban J connectivity index is 2.70. The largest absolute Gasteiger partial charge is 0.466 e. The number of esters is 2. The Morgan fingerprint density at radius 2 is 1.63 bits per heavy atom. The summed E-state index contributed by atoms with van der Waals surface area (Å²) in [5.74, 6) is -2.08. The molecule has 144 valence electrons. The van der Waals surface area contributed by atoms with E-state index >= 15 is 0 Å². The van der Waals surface area contributed by atoms with Crippen LogP contribution in [0.1, 0.15) is 30.9 Å². The molecule has 0 bridgehead atoms. The van der Waals surface area contributed by atoms with Crippen LogP contribution in [0.2, 0.25) is 0 Å². The van der Waals surface area contributed by atoms with Gasteiger partial charge in [-0.05, 0) is 26.3 Å². The highest BCUT2D eigenvalue weighted by Crippen LogP contribution is 2.39. The van der Waals surface area contributed by atoms with E-state index in [0.717, 1.165) is 0 Å². The molecule has 2 rings (SSSR count). The summed E-state index contributed by atoms with van der Waals surface area (Å²) in [5, 5.41) is 11.3. The molecule has 0 aliphatic carbocycles. The van der Waals surface area contributed by atoms with E-state index in [1.807, 2.05) is 13.8 Å². The maximum absolute atomic E-state index is 12.4. The molecule has 0 spiro atoms. The van der Waals surface area contributed by atoms with E-state index in [-0.39, 0.29) is 22.9 Å². The molecule has 0 aromatic heterocycles. The third kappa shape index (κ3) is 3.99. The molecule has 0 N–H and O–H groups in total. The number of nitro benzene ring substituents is 1. The quantitative estimate of drug-likeness (QED) is 0.444. The number of carbonyl (C=O) groups is 2. The molecule has 0 unspecified atom stereocenters. The lowest BCUT2D eigenvalue weighted by atomic mass is 9.82. The Labute approximate surface area is 157 Å². The number of nitro groups is 1. The van der Waals surface area contributed by atoms with Gasteiger partial charge in [0.1, 0.15) is 0 Å². The summed E-state index contributed by atoms with van der Waals surface area (Å²) in [7, 11) is 2.49. The van der Waals surface area contributed by atoms with Gasteiger partial charge in [0.15, 0.2) is 0 Å². The first-order valence-electron chi connectivity index (χ1n) is 8.33. The van der Waals surface area contributed by atoms with Crippen LogP contribution < -0.4 is 0 Å². The predicted molar refractivity (Wildman–Crippen MR) is 97.7 cm³/mol. The Morgan fingerprint density at radius 3 is 2.04 bits per heavy atom. The number of carbonyl (C=O) groups excluding carboxylic acids is 2. The smallest absolute Gasteiger partial charge is 0.336 e. The number of methoxy groups -OCH3 is 2. The van der Waals surface area contributed by atoms with E-state index in [0.29, 0.717) is 11.1 Å². The van der Waals surface area contributed by atoms with E-state index in [1.54, 1.807) is 36.4 Å². The van der Waals surface area contributed by atoms with Crippen molar-refractivity contribution in [3.63, 3.8) is 0 Å². The lowest BCUT2D eigenvalue weighted by molar-refractivity contribution is -0.385. The zero-order chi connectivity index (χ0) is 20.3. The highest BCUT2D eigenvalue weighted by molar-refractivity contribution is 5.98. The molecule has 0 radical (unpaired) electrons. The van der Waals surface area contributed by atoms with Crippen molar-refractivity contribution in [3.05, 3.63) is 63.0 Å². The Morgan fingerprint density at radius 1 is 1.11 bits per heavy atom. The summed E-state index contributed by atoms with van der Waals surface area (Å²) in [6, 6.07) is 4.59. The van der Waals surface area contributed by atoms with Gasteiger partial charge in [-0.15, -0.1) is 0 Å². The number of hydrogen-bond donors (Lipinski definition) is 0. The maximum atomic E-state index is 12.4. The highest BCUT2D eigenvalue weighted by Gasteiger charge is 2.36. The van der Waals surface area contributed by atoms with E-state index in [9.17, 15) is 19.7 Å². The van der Waals surface area contributed by atoms with Crippen LogP contribution in [0, 0.1) is 17.0 Å². The summed E-state index contributed by atoms with van der Waals surface area (Å²) < 4.78 is 9.77. The average molecular weight is 374 g/mol. The first-order chi connectivity index (χ1) is 12.7. The monoisotopic (exact) mass is 374 g/mol. The molecular weight excluding hydrogens is 352 g/mol. The van der Waals surface area contributed by atoms with Crippen molar-refractivity contribution in [2.24, 2.45) is 0 Å². The fraction of sp³-hybridized carbons (Fsp3) is 0.368. The topological polar surface area (TPSA) is 99.0 Å². The van der Waals surface area contributed by atoms with Crippen molar-refractivity contribution in [3.8, 4) is 0 Å². The van der Waals surface area contributed by atoms with Gasteiger partial charge >= 0.3 is 11.9 Å². The van der Waals surface area contributed by atoms with Crippen LogP contribution >= 0.6 is 0 Å². The van der Waals surface area contributed by atoms with Crippen LogP contribution in [-0.2, 0) is 19.1 Å². The van der Waals surface area contributed by atoms with Crippen molar-refractivity contribution in [1.29, 1.82) is 0 Å². The van der Waals surface area contributed by atoms with Crippen LogP contribution in [0.25, 0.3) is 0 Å². The molecule has 0 atom stereocenters. The van der Waals surface area contributed by atoms with Gasteiger partial charge in [-0.2, -0.15) is 0 Å². The summed E-state index contributed by atoms with van der Waals surface area (Å²) in [5.41, 5.74) is 1.23. The lowest BCUT2D eigenvalue weighted by Gasteiger charge is -2.32. The molecule has 1 aliphatic heterocycles. The molecule has 0 saturated carbocycles. The van der Waals surface area contributed by atoms with Gasteiger partial charge in [-0.25, -0.2) is 9.59 Å². The summed E-state index contributed by atoms with van der Waals surface area (Å²) in [4.78, 5) is 37.4. The number of rotatable bonds is 5. The second kappa shape index (κ2) is 8.03. The molecule has 27 heavy (non-hydrogen) atoms. The number of aryl methyl sites for hydroxylation is 1. The molecule has 8 heteroatoms. The van der Waals surface area contributed by atoms with Gasteiger partial charge in [-0.1, -0.05) is 12.1 Å². The number of nitrogens with zero attached hydrogens (tertiary/aromatic N) is 2. The predicted octanol–water partition coefficient (Wildman–Crippen LogP) is 2.82. The molecule has 8 nitrogen and oxygen atoms in total. The summed E-state index contributed by atoms with van der Waals surface area (Å²) in [6.07, 6.45) is 3.19.